The number of esters is 1. The number of aliphatic hydroxyl groups is 3. The van der Waals surface area contributed by atoms with Gasteiger partial charge in [0, 0.05) is 12.3 Å². The largest absolute Gasteiger partial charge is 0.461 e. The molecule has 0 aromatic heterocycles. The maximum absolute atomic E-state index is 12.4. The minimum absolute atomic E-state index is 0.0414. The van der Waals surface area contributed by atoms with Crippen LogP contribution in [0.5, 0.6) is 0 Å². The average Bonchev–Trinajstić information content (AvgIpc) is 2.66. The molecular formula is C23H38O5. The zero-order valence-corrected chi connectivity index (χ0v) is 17.8. The van der Waals surface area contributed by atoms with Crippen LogP contribution < -0.4 is 0 Å². The van der Waals surface area contributed by atoms with Crippen molar-refractivity contribution in [3.05, 3.63) is 23.8 Å². The SMILES string of the molecule is CC[C@H](O)C[C@H](O)CC[C@@H]1C2C(=C[C@@H](O)C[C@@H]2OC(=O)[C@@H](C)CC)C=C[C@@H]1C. The van der Waals surface area contributed by atoms with E-state index in [0.717, 1.165) is 18.4 Å². The maximum atomic E-state index is 12.4. The predicted octanol–water partition coefficient (Wildman–Crippen LogP) is 3.38. The van der Waals surface area contributed by atoms with Gasteiger partial charge in [0.05, 0.1) is 24.2 Å². The summed E-state index contributed by atoms with van der Waals surface area (Å²) >= 11 is 0. The number of rotatable bonds is 9. The topological polar surface area (TPSA) is 87.0 Å². The maximum Gasteiger partial charge on any atom is 0.308 e. The number of carbonyl (C=O) groups excluding carboxylic acids is 1. The molecule has 0 aromatic rings. The Kier molecular flexibility index (Phi) is 8.72. The minimum Gasteiger partial charge on any atom is -0.461 e. The van der Waals surface area contributed by atoms with Gasteiger partial charge >= 0.3 is 5.97 Å². The van der Waals surface area contributed by atoms with Crippen molar-refractivity contribution in [2.24, 2.45) is 23.7 Å². The summed E-state index contributed by atoms with van der Waals surface area (Å²) in [4.78, 5) is 12.4. The highest BCUT2D eigenvalue weighted by atomic mass is 16.5. The summed E-state index contributed by atoms with van der Waals surface area (Å²) < 4.78 is 5.88. The van der Waals surface area contributed by atoms with Crippen molar-refractivity contribution in [1.29, 1.82) is 0 Å². The molecule has 0 bridgehead atoms. The zero-order valence-electron chi connectivity index (χ0n) is 17.8. The lowest BCUT2D eigenvalue weighted by Crippen LogP contribution is -2.43. The summed E-state index contributed by atoms with van der Waals surface area (Å²) in [6.07, 6.45) is 7.71. The van der Waals surface area contributed by atoms with Gasteiger partial charge in [-0.1, -0.05) is 45.9 Å². The van der Waals surface area contributed by atoms with E-state index < -0.39 is 18.3 Å². The highest BCUT2D eigenvalue weighted by Gasteiger charge is 2.42. The van der Waals surface area contributed by atoms with Crippen LogP contribution in [0.15, 0.2) is 23.8 Å². The van der Waals surface area contributed by atoms with Crippen molar-refractivity contribution >= 4 is 5.97 Å². The van der Waals surface area contributed by atoms with E-state index in [-0.39, 0.29) is 29.8 Å². The van der Waals surface area contributed by atoms with Crippen LogP contribution in [-0.2, 0) is 9.53 Å². The van der Waals surface area contributed by atoms with Crippen LogP contribution in [0.4, 0.5) is 0 Å². The van der Waals surface area contributed by atoms with Crippen molar-refractivity contribution in [3.8, 4) is 0 Å². The Morgan fingerprint density at radius 2 is 1.96 bits per heavy atom. The normalized spacial score (nSPS) is 32.8. The molecule has 5 nitrogen and oxygen atoms in total. The second-order valence-corrected chi connectivity index (χ2v) is 8.69. The first kappa shape index (κ1) is 23.1. The first-order valence-corrected chi connectivity index (χ1v) is 10.9. The second kappa shape index (κ2) is 10.6. The average molecular weight is 395 g/mol. The predicted molar refractivity (Wildman–Crippen MR) is 109 cm³/mol. The highest BCUT2D eigenvalue weighted by molar-refractivity contribution is 5.72. The van der Waals surface area contributed by atoms with Gasteiger partial charge in [-0.2, -0.15) is 0 Å². The van der Waals surface area contributed by atoms with E-state index in [2.05, 4.69) is 19.1 Å². The molecule has 0 heterocycles. The third kappa shape index (κ3) is 5.91. The Bertz CT molecular complexity index is 569. The van der Waals surface area contributed by atoms with Gasteiger partial charge in [0.15, 0.2) is 0 Å². The van der Waals surface area contributed by atoms with E-state index in [9.17, 15) is 20.1 Å². The zero-order chi connectivity index (χ0) is 20.8. The molecule has 3 N–H and O–H groups in total. The van der Waals surface area contributed by atoms with E-state index in [1.54, 1.807) is 0 Å². The van der Waals surface area contributed by atoms with Crippen LogP contribution in [0.2, 0.25) is 0 Å². The molecule has 0 radical (unpaired) electrons. The third-order valence-electron chi connectivity index (χ3n) is 6.50. The van der Waals surface area contributed by atoms with Gasteiger partial charge in [0.25, 0.3) is 0 Å². The van der Waals surface area contributed by atoms with E-state index >= 15 is 0 Å². The Morgan fingerprint density at radius 3 is 2.61 bits per heavy atom. The summed E-state index contributed by atoms with van der Waals surface area (Å²) in [5, 5.41) is 30.3. The monoisotopic (exact) mass is 394 g/mol. The molecule has 8 atom stereocenters. The summed E-state index contributed by atoms with van der Waals surface area (Å²) in [6, 6.07) is 0. The first-order valence-electron chi connectivity index (χ1n) is 10.9. The van der Waals surface area contributed by atoms with Gasteiger partial charge < -0.3 is 20.1 Å². The summed E-state index contributed by atoms with van der Waals surface area (Å²) in [5.74, 6) is 0.212. The van der Waals surface area contributed by atoms with Crippen LogP contribution in [0.3, 0.4) is 0 Å². The molecule has 0 aliphatic heterocycles. The fourth-order valence-corrected chi connectivity index (χ4v) is 4.40. The molecule has 2 rings (SSSR count). The van der Waals surface area contributed by atoms with Gasteiger partial charge in [-0.3, -0.25) is 4.79 Å². The van der Waals surface area contributed by atoms with Crippen molar-refractivity contribution < 1.29 is 24.9 Å². The summed E-state index contributed by atoms with van der Waals surface area (Å²) in [7, 11) is 0. The lowest BCUT2D eigenvalue weighted by molar-refractivity contribution is -0.159. The van der Waals surface area contributed by atoms with Gasteiger partial charge in [-0.25, -0.2) is 0 Å². The van der Waals surface area contributed by atoms with Crippen molar-refractivity contribution in [3.63, 3.8) is 0 Å². The summed E-state index contributed by atoms with van der Waals surface area (Å²) in [5.41, 5.74) is 1.03. The van der Waals surface area contributed by atoms with E-state index in [1.165, 1.54) is 0 Å². The van der Waals surface area contributed by atoms with E-state index in [1.807, 2.05) is 26.8 Å². The number of allylic oxidation sites excluding steroid dienone is 2. The molecule has 0 saturated heterocycles. The Balaban J connectivity index is 2.13. The van der Waals surface area contributed by atoms with Crippen LogP contribution in [0.25, 0.3) is 0 Å². The van der Waals surface area contributed by atoms with Gasteiger partial charge in [0.2, 0.25) is 0 Å². The minimum atomic E-state index is -0.606. The summed E-state index contributed by atoms with van der Waals surface area (Å²) in [6.45, 7) is 7.90. The van der Waals surface area contributed by atoms with Gasteiger partial charge in [0.1, 0.15) is 6.10 Å². The molecule has 28 heavy (non-hydrogen) atoms. The Labute approximate surface area is 169 Å². The fourth-order valence-electron chi connectivity index (χ4n) is 4.40. The van der Waals surface area contributed by atoms with E-state index in [4.69, 9.17) is 4.74 Å². The molecular weight excluding hydrogens is 356 g/mol. The van der Waals surface area contributed by atoms with Crippen LogP contribution in [0, 0.1) is 23.7 Å². The van der Waals surface area contributed by atoms with Crippen molar-refractivity contribution in [1.82, 2.24) is 0 Å². The molecule has 0 fully saturated rings. The molecule has 5 heteroatoms. The number of hydrogen-bond acceptors (Lipinski definition) is 5. The first-order chi connectivity index (χ1) is 13.3. The number of ether oxygens (including phenoxy) is 1. The van der Waals surface area contributed by atoms with Gasteiger partial charge in [-0.05, 0) is 49.5 Å². The lowest BCUT2D eigenvalue weighted by Gasteiger charge is -2.43. The molecule has 2 aliphatic carbocycles. The number of carbonyl (C=O) groups is 1. The van der Waals surface area contributed by atoms with Crippen LogP contribution in [-0.4, -0.2) is 45.7 Å². The molecule has 1 unspecified atom stereocenters. The fraction of sp³-hybridized carbons (Fsp3) is 0.783. The van der Waals surface area contributed by atoms with Crippen molar-refractivity contribution in [2.75, 3.05) is 0 Å². The Hall–Kier alpha value is -1.17. The molecule has 2 aliphatic rings. The molecule has 0 saturated carbocycles. The second-order valence-electron chi connectivity index (χ2n) is 8.69. The quantitative estimate of drug-likeness (QED) is 0.522. The molecule has 0 aromatic carbocycles. The Morgan fingerprint density at radius 1 is 1.25 bits per heavy atom. The van der Waals surface area contributed by atoms with Crippen LogP contribution >= 0.6 is 0 Å². The van der Waals surface area contributed by atoms with Crippen molar-refractivity contribution in [2.45, 2.75) is 90.6 Å². The molecule has 0 spiro atoms. The molecule has 0 amide bonds. The van der Waals surface area contributed by atoms with Crippen LogP contribution in [0.1, 0.15) is 66.2 Å². The number of fused-ring (bicyclic) bond motifs is 1. The smallest absolute Gasteiger partial charge is 0.308 e. The lowest BCUT2D eigenvalue weighted by atomic mass is 9.66. The third-order valence-corrected chi connectivity index (χ3v) is 6.50. The number of aliphatic hydroxyl groups excluding tert-OH is 3. The molecule has 160 valence electrons. The van der Waals surface area contributed by atoms with E-state index in [0.29, 0.717) is 31.6 Å². The number of hydrogen-bond donors (Lipinski definition) is 3. The standard InChI is InChI=1S/C23H38O5/c1-5-14(3)23(27)28-21-13-19(26)11-16-8-7-15(4)20(22(16)21)10-9-18(25)12-17(24)6-2/h7-8,11,14-15,17-22,24-26H,5-6,9-10,12-13H2,1-4H3/t14-,15-,17-,18+,19+,20-,21-,22?/m0/s1. The van der Waals surface area contributed by atoms with Gasteiger partial charge in [-0.15, -0.1) is 0 Å². The highest BCUT2D eigenvalue weighted by Crippen LogP contribution is 2.44.